The summed E-state index contributed by atoms with van der Waals surface area (Å²) in [5.41, 5.74) is 8.42. The lowest BCUT2D eigenvalue weighted by Gasteiger charge is -2.08. The maximum absolute atomic E-state index is 13.5. The summed E-state index contributed by atoms with van der Waals surface area (Å²) >= 11 is 0. The number of nitrogens with one attached hydrogen (secondary N) is 1. The molecule has 1 aromatic heterocycles. The van der Waals surface area contributed by atoms with Crippen molar-refractivity contribution >= 4 is 22.6 Å². The van der Waals surface area contributed by atoms with Gasteiger partial charge in [0.1, 0.15) is 23.7 Å². The molecule has 0 aliphatic heterocycles. The van der Waals surface area contributed by atoms with E-state index in [0.717, 1.165) is 5.52 Å². The molecule has 5 nitrogen and oxygen atoms in total. The lowest BCUT2D eigenvalue weighted by Crippen LogP contribution is -2.23. The molecule has 0 fully saturated rings. The number of carbonyl (C=O) groups excluding carboxylic acids is 1. The number of hydrogen-bond acceptors (Lipinski definition) is 3. The van der Waals surface area contributed by atoms with Crippen molar-refractivity contribution in [3.8, 4) is 11.4 Å². The summed E-state index contributed by atoms with van der Waals surface area (Å²) in [5, 5.41) is 2.58. The number of aromatic nitrogens is 2. The fourth-order valence-electron chi connectivity index (χ4n) is 2.40. The third-order valence-corrected chi connectivity index (χ3v) is 3.47. The van der Waals surface area contributed by atoms with E-state index in [0.29, 0.717) is 22.6 Å². The fourth-order valence-corrected chi connectivity index (χ4v) is 2.40. The molecule has 0 radical (unpaired) electrons. The van der Waals surface area contributed by atoms with Crippen LogP contribution in [0.2, 0.25) is 0 Å². The van der Waals surface area contributed by atoms with Crippen LogP contribution in [0.3, 0.4) is 0 Å². The number of amides is 1. The van der Waals surface area contributed by atoms with Crippen LogP contribution in [0.4, 0.5) is 10.1 Å². The number of nitrogens with two attached hydrogens (primary N) is 1. The summed E-state index contributed by atoms with van der Waals surface area (Å²) < 4.78 is 15.2. The van der Waals surface area contributed by atoms with Crippen molar-refractivity contribution in [3.05, 3.63) is 48.3 Å². The van der Waals surface area contributed by atoms with Crippen molar-refractivity contribution in [1.29, 1.82) is 0 Å². The number of likely N-dealkylation sites (N-methyl/N-ethyl adjacent to an activating group) is 1. The van der Waals surface area contributed by atoms with Crippen LogP contribution in [-0.2, 0) is 11.3 Å². The molecule has 112 valence electrons. The van der Waals surface area contributed by atoms with Crippen LogP contribution in [0.1, 0.15) is 0 Å². The molecule has 0 saturated heterocycles. The molecular weight excluding hydrogens is 283 g/mol. The summed E-state index contributed by atoms with van der Waals surface area (Å²) in [6, 6.07) is 11.5. The number of hydrogen-bond donors (Lipinski definition) is 2. The summed E-state index contributed by atoms with van der Waals surface area (Å²) in [5.74, 6) is -0.0144. The molecule has 0 spiro atoms. The Labute approximate surface area is 126 Å². The highest BCUT2D eigenvalue weighted by Gasteiger charge is 2.16. The predicted octanol–water partition coefficient (Wildman–Crippen LogP) is 2.17. The number of nitrogens with zero attached hydrogens (tertiary/aromatic N) is 2. The Morgan fingerprint density at radius 1 is 1.32 bits per heavy atom. The average molecular weight is 298 g/mol. The number of anilines is 1. The van der Waals surface area contributed by atoms with Gasteiger partial charge in [-0.2, -0.15) is 0 Å². The second-order valence-electron chi connectivity index (χ2n) is 4.92. The van der Waals surface area contributed by atoms with Gasteiger partial charge in [-0.15, -0.1) is 0 Å². The summed E-state index contributed by atoms with van der Waals surface area (Å²) in [4.78, 5) is 16.3. The Kier molecular flexibility index (Phi) is 3.50. The lowest BCUT2D eigenvalue weighted by atomic mass is 10.2. The van der Waals surface area contributed by atoms with E-state index in [1.165, 1.54) is 12.1 Å². The quantitative estimate of drug-likeness (QED) is 0.728. The number of benzene rings is 2. The van der Waals surface area contributed by atoms with Gasteiger partial charge in [-0.1, -0.05) is 18.2 Å². The molecule has 3 rings (SSSR count). The molecule has 3 aromatic rings. The summed E-state index contributed by atoms with van der Waals surface area (Å²) in [6.07, 6.45) is 0. The third kappa shape index (κ3) is 2.39. The van der Waals surface area contributed by atoms with E-state index in [1.54, 1.807) is 35.9 Å². The molecule has 0 aliphatic carbocycles. The standard InChI is InChI=1S/C16H15FN4O/c1-19-14(22)9-21-13-7-3-6-12(18)15(13)20-16(21)10-4-2-5-11(17)8-10/h2-8H,9,18H2,1H3,(H,19,22). The predicted molar refractivity (Wildman–Crippen MR) is 83.6 cm³/mol. The monoisotopic (exact) mass is 298 g/mol. The highest BCUT2D eigenvalue weighted by atomic mass is 19.1. The van der Waals surface area contributed by atoms with Crippen LogP contribution in [0.25, 0.3) is 22.4 Å². The number of rotatable bonds is 3. The van der Waals surface area contributed by atoms with Crippen molar-refractivity contribution in [1.82, 2.24) is 14.9 Å². The third-order valence-electron chi connectivity index (χ3n) is 3.47. The Morgan fingerprint density at radius 2 is 2.09 bits per heavy atom. The Morgan fingerprint density at radius 3 is 2.82 bits per heavy atom. The first-order valence-corrected chi connectivity index (χ1v) is 6.81. The highest BCUT2D eigenvalue weighted by Crippen LogP contribution is 2.28. The van der Waals surface area contributed by atoms with E-state index in [1.807, 2.05) is 6.07 Å². The first kappa shape index (κ1) is 14.1. The van der Waals surface area contributed by atoms with Crippen LogP contribution >= 0.6 is 0 Å². The molecule has 0 bridgehead atoms. The van der Waals surface area contributed by atoms with Gasteiger partial charge in [0, 0.05) is 12.6 Å². The van der Waals surface area contributed by atoms with Crippen molar-refractivity contribution in [2.45, 2.75) is 6.54 Å². The number of para-hydroxylation sites is 1. The second kappa shape index (κ2) is 5.48. The van der Waals surface area contributed by atoms with Crippen LogP contribution in [-0.4, -0.2) is 22.5 Å². The summed E-state index contributed by atoms with van der Waals surface area (Å²) in [6.45, 7) is 0.0856. The fraction of sp³-hybridized carbons (Fsp3) is 0.125. The number of nitrogen functional groups attached to an aromatic ring is 1. The minimum Gasteiger partial charge on any atom is -0.397 e. The molecule has 0 atom stereocenters. The molecule has 0 aliphatic rings. The van der Waals surface area contributed by atoms with Crippen LogP contribution in [0, 0.1) is 5.82 Å². The molecule has 3 N–H and O–H groups in total. The van der Waals surface area contributed by atoms with Gasteiger partial charge in [0.2, 0.25) is 5.91 Å². The minimum atomic E-state index is -0.357. The molecule has 0 saturated carbocycles. The zero-order valence-electron chi connectivity index (χ0n) is 12.0. The molecular formula is C16H15FN4O. The Hall–Kier alpha value is -2.89. The molecule has 22 heavy (non-hydrogen) atoms. The van der Waals surface area contributed by atoms with Gasteiger partial charge in [-0.3, -0.25) is 4.79 Å². The van der Waals surface area contributed by atoms with E-state index in [4.69, 9.17) is 5.73 Å². The zero-order chi connectivity index (χ0) is 15.7. The van der Waals surface area contributed by atoms with Crippen LogP contribution < -0.4 is 11.1 Å². The molecule has 1 amide bonds. The first-order valence-electron chi connectivity index (χ1n) is 6.81. The van der Waals surface area contributed by atoms with E-state index < -0.39 is 0 Å². The van der Waals surface area contributed by atoms with Gasteiger partial charge in [-0.05, 0) is 24.3 Å². The maximum Gasteiger partial charge on any atom is 0.239 e. The molecule has 1 heterocycles. The normalized spacial score (nSPS) is 10.8. The van der Waals surface area contributed by atoms with Crippen LogP contribution in [0.15, 0.2) is 42.5 Å². The average Bonchev–Trinajstić information content (AvgIpc) is 2.87. The van der Waals surface area contributed by atoms with Gasteiger partial charge in [0.05, 0.1) is 11.2 Å². The molecule has 6 heteroatoms. The van der Waals surface area contributed by atoms with Gasteiger partial charge in [0.25, 0.3) is 0 Å². The molecule has 0 unspecified atom stereocenters. The largest absolute Gasteiger partial charge is 0.397 e. The van der Waals surface area contributed by atoms with Gasteiger partial charge in [0.15, 0.2) is 0 Å². The topological polar surface area (TPSA) is 72.9 Å². The van der Waals surface area contributed by atoms with E-state index in [2.05, 4.69) is 10.3 Å². The van der Waals surface area contributed by atoms with Gasteiger partial charge in [-0.25, -0.2) is 9.37 Å². The van der Waals surface area contributed by atoms with E-state index >= 15 is 0 Å². The number of imidazole rings is 1. The van der Waals surface area contributed by atoms with Crippen molar-refractivity contribution < 1.29 is 9.18 Å². The number of halogens is 1. The second-order valence-corrected chi connectivity index (χ2v) is 4.92. The van der Waals surface area contributed by atoms with Crippen molar-refractivity contribution in [3.63, 3.8) is 0 Å². The van der Waals surface area contributed by atoms with Crippen LogP contribution in [0.5, 0.6) is 0 Å². The van der Waals surface area contributed by atoms with E-state index in [9.17, 15) is 9.18 Å². The SMILES string of the molecule is CNC(=O)Cn1c(-c2cccc(F)c2)nc2c(N)cccc21. The lowest BCUT2D eigenvalue weighted by molar-refractivity contribution is -0.121. The smallest absolute Gasteiger partial charge is 0.239 e. The molecule has 2 aromatic carbocycles. The number of carbonyl (C=O) groups is 1. The van der Waals surface area contributed by atoms with Gasteiger partial charge < -0.3 is 15.6 Å². The Balaban J connectivity index is 2.26. The summed E-state index contributed by atoms with van der Waals surface area (Å²) in [7, 11) is 1.57. The minimum absolute atomic E-state index is 0.0856. The highest BCUT2D eigenvalue weighted by molar-refractivity contribution is 5.91. The zero-order valence-corrected chi connectivity index (χ0v) is 12.0. The van der Waals surface area contributed by atoms with Crippen molar-refractivity contribution in [2.24, 2.45) is 0 Å². The number of fused-ring (bicyclic) bond motifs is 1. The maximum atomic E-state index is 13.5. The Bertz CT molecular complexity index is 856. The van der Waals surface area contributed by atoms with E-state index in [-0.39, 0.29) is 18.3 Å². The first-order chi connectivity index (χ1) is 10.6. The van der Waals surface area contributed by atoms with Gasteiger partial charge >= 0.3 is 0 Å². The van der Waals surface area contributed by atoms with Crippen molar-refractivity contribution in [2.75, 3.05) is 12.8 Å².